The molecule has 0 rings (SSSR count). The van der Waals surface area contributed by atoms with E-state index < -0.39 is 17.8 Å². The van der Waals surface area contributed by atoms with Crippen LogP contribution in [0.1, 0.15) is 26.7 Å². The standard InChI is InChI=1S/C10H18N2O4/c1-3-5-6-12(7-8(11)13)9(14)10(15)16-4-2/h3-7H2,1-2H3,(H2,11,13). The maximum Gasteiger partial charge on any atom is 0.397 e. The van der Waals surface area contributed by atoms with Crippen molar-refractivity contribution in [2.75, 3.05) is 19.7 Å². The Morgan fingerprint density at radius 1 is 1.25 bits per heavy atom. The van der Waals surface area contributed by atoms with Crippen LogP contribution < -0.4 is 5.73 Å². The predicted octanol–water partition coefficient (Wildman–Crippen LogP) is -0.336. The zero-order valence-electron chi connectivity index (χ0n) is 9.69. The van der Waals surface area contributed by atoms with Gasteiger partial charge in [-0.25, -0.2) is 4.79 Å². The molecule has 0 fully saturated rings. The summed E-state index contributed by atoms with van der Waals surface area (Å²) in [4.78, 5) is 34.5. The Kier molecular flexibility index (Phi) is 6.91. The number of unbranched alkanes of at least 4 members (excludes halogenated alkanes) is 1. The normalized spacial score (nSPS) is 9.62. The van der Waals surface area contributed by atoms with Crippen LogP contribution in [0.15, 0.2) is 0 Å². The van der Waals surface area contributed by atoms with Gasteiger partial charge in [-0.15, -0.1) is 0 Å². The molecule has 0 aliphatic heterocycles. The second-order valence-electron chi connectivity index (χ2n) is 3.27. The molecule has 0 spiro atoms. The molecule has 92 valence electrons. The van der Waals surface area contributed by atoms with Gasteiger partial charge in [0.15, 0.2) is 0 Å². The molecule has 2 N–H and O–H groups in total. The number of rotatable bonds is 6. The van der Waals surface area contributed by atoms with Gasteiger partial charge >= 0.3 is 11.9 Å². The van der Waals surface area contributed by atoms with Crippen molar-refractivity contribution in [3.8, 4) is 0 Å². The molecule has 0 aromatic rings. The highest BCUT2D eigenvalue weighted by molar-refractivity contribution is 6.32. The number of nitrogens with two attached hydrogens (primary N) is 1. The number of primary amides is 1. The van der Waals surface area contributed by atoms with E-state index in [0.717, 1.165) is 11.3 Å². The van der Waals surface area contributed by atoms with E-state index in [2.05, 4.69) is 4.74 Å². The van der Waals surface area contributed by atoms with Gasteiger partial charge in [0, 0.05) is 6.54 Å². The van der Waals surface area contributed by atoms with E-state index in [9.17, 15) is 14.4 Å². The number of carbonyl (C=O) groups is 3. The zero-order valence-corrected chi connectivity index (χ0v) is 9.69. The van der Waals surface area contributed by atoms with Gasteiger partial charge in [0.1, 0.15) is 0 Å². The number of amides is 2. The van der Waals surface area contributed by atoms with Crippen LogP contribution in [-0.2, 0) is 19.1 Å². The molecular formula is C10H18N2O4. The fourth-order valence-electron chi connectivity index (χ4n) is 1.11. The molecular weight excluding hydrogens is 212 g/mol. The molecule has 0 aromatic heterocycles. The molecule has 6 nitrogen and oxygen atoms in total. The lowest BCUT2D eigenvalue weighted by Gasteiger charge is -2.19. The second-order valence-corrected chi connectivity index (χ2v) is 3.27. The maximum atomic E-state index is 11.5. The van der Waals surface area contributed by atoms with Crippen molar-refractivity contribution in [2.45, 2.75) is 26.7 Å². The molecule has 0 heterocycles. The summed E-state index contributed by atoms with van der Waals surface area (Å²) < 4.78 is 4.56. The van der Waals surface area contributed by atoms with E-state index in [1.165, 1.54) is 0 Å². The third kappa shape index (κ3) is 5.33. The number of hydrogen-bond donors (Lipinski definition) is 1. The lowest BCUT2D eigenvalue weighted by atomic mass is 10.3. The van der Waals surface area contributed by atoms with Crippen molar-refractivity contribution in [2.24, 2.45) is 5.73 Å². The van der Waals surface area contributed by atoms with Gasteiger partial charge < -0.3 is 15.4 Å². The summed E-state index contributed by atoms with van der Waals surface area (Å²) in [5.74, 6) is -2.40. The Labute approximate surface area is 94.7 Å². The van der Waals surface area contributed by atoms with Gasteiger partial charge in [-0.1, -0.05) is 13.3 Å². The first-order chi connectivity index (χ1) is 7.52. The van der Waals surface area contributed by atoms with E-state index in [-0.39, 0.29) is 13.2 Å². The minimum Gasteiger partial charge on any atom is -0.459 e. The molecule has 0 atom stereocenters. The van der Waals surface area contributed by atoms with Crippen LogP contribution in [0.5, 0.6) is 0 Å². The van der Waals surface area contributed by atoms with Crippen LogP contribution in [0.25, 0.3) is 0 Å². The summed E-state index contributed by atoms with van der Waals surface area (Å²) in [7, 11) is 0. The Bertz CT molecular complexity index is 266. The molecule has 16 heavy (non-hydrogen) atoms. The number of carbonyl (C=O) groups excluding carboxylic acids is 3. The van der Waals surface area contributed by atoms with E-state index >= 15 is 0 Å². The van der Waals surface area contributed by atoms with Gasteiger partial charge in [0.25, 0.3) is 0 Å². The summed E-state index contributed by atoms with van der Waals surface area (Å²) in [6.07, 6.45) is 1.56. The van der Waals surface area contributed by atoms with Gasteiger partial charge in [-0.05, 0) is 13.3 Å². The number of ether oxygens (including phenoxy) is 1. The minimum absolute atomic E-state index is 0.128. The van der Waals surface area contributed by atoms with Gasteiger partial charge in [-0.3, -0.25) is 9.59 Å². The number of hydrogen-bond acceptors (Lipinski definition) is 4. The van der Waals surface area contributed by atoms with Gasteiger partial charge in [0.2, 0.25) is 5.91 Å². The average Bonchev–Trinajstić information content (AvgIpc) is 2.23. The first-order valence-corrected chi connectivity index (χ1v) is 5.27. The van der Waals surface area contributed by atoms with Crippen LogP contribution in [0.3, 0.4) is 0 Å². The molecule has 0 unspecified atom stereocenters. The van der Waals surface area contributed by atoms with Crippen molar-refractivity contribution < 1.29 is 19.1 Å². The van der Waals surface area contributed by atoms with E-state index in [1.54, 1.807) is 6.92 Å². The first-order valence-electron chi connectivity index (χ1n) is 5.27. The Morgan fingerprint density at radius 2 is 1.88 bits per heavy atom. The fraction of sp³-hybridized carbons (Fsp3) is 0.700. The quantitative estimate of drug-likeness (QED) is 0.499. The topological polar surface area (TPSA) is 89.7 Å². The van der Waals surface area contributed by atoms with Crippen LogP contribution in [-0.4, -0.2) is 42.4 Å². The highest BCUT2D eigenvalue weighted by Crippen LogP contribution is 1.97. The molecule has 0 aliphatic carbocycles. The van der Waals surface area contributed by atoms with E-state index in [0.29, 0.717) is 13.0 Å². The third-order valence-corrected chi connectivity index (χ3v) is 1.87. The van der Waals surface area contributed by atoms with Crippen molar-refractivity contribution in [3.05, 3.63) is 0 Å². The smallest absolute Gasteiger partial charge is 0.397 e. The Hall–Kier alpha value is -1.59. The second kappa shape index (κ2) is 7.67. The molecule has 6 heteroatoms. The zero-order chi connectivity index (χ0) is 12.6. The Balaban J connectivity index is 4.41. The third-order valence-electron chi connectivity index (χ3n) is 1.87. The number of esters is 1. The van der Waals surface area contributed by atoms with Crippen molar-refractivity contribution in [3.63, 3.8) is 0 Å². The summed E-state index contributed by atoms with van der Waals surface area (Å²) >= 11 is 0. The lowest BCUT2D eigenvalue weighted by molar-refractivity contribution is -0.160. The van der Waals surface area contributed by atoms with Crippen molar-refractivity contribution >= 4 is 17.8 Å². The molecule has 0 aromatic carbocycles. The van der Waals surface area contributed by atoms with Crippen LogP contribution in [0.4, 0.5) is 0 Å². The minimum atomic E-state index is -0.945. The molecule has 0 radical (unpaired) electrons. The SMILES string of the molecule is CCCCN(CC(N)=O)C(=O)C(=O)OCC. The molecule has 0 saturated carbocycles. The lowest BCUT2D eigenvalue weighted by Crippen LogP contribution is -2.43. The predicted molar refractivity (Wildman–Crippen MR) is 57.3 cm³/mol. The number of nitrogens with zero attached hydrogens (tertiary/aromatic N) is 1. The summed E-state index contributed by atoms with van der Waals surface area (Å²) in [5.41, 5.74) is 4.99. The van der Waals surface area contributed by atoms with E-state index in [4.69, 9.17) is 5.73 Å². The summed E-state index contributed by atoms with van der Waals surface area (Å²) in [6.45, 7) is 3.75. The average molecular weight is 230 g/mol. The monoisotopic (exact) mass is 230 g/mol. The molecule has 0 aliphatic rings. The summed E-state index contributed by atoms with van der Waals surface area (Å²) in [5, 5.41) is 0. The highest BCUT2D eigenvalue weighted by Gasteiger charge is 2.23. The van der Waals surface area contributed by atoms with Crippen LogP contribution in [0.2, 0.25) is 0 Å². The van der Waals surface area contributed by atoms with Crippen LogP contribution >= 0.6 is 0 Å². The molecule has 0 bridgehead atoms. The largest absolute Gasteiger partial charge is 0.459 e. The maximum absolute atomic E-state index is 11.5. The highest BCUT2D eigenvalue weighted by atomic mass is 16.5. The van der Waals surface area contributed by atoms with E-state index in [1.807, 2.05) is 6.92 Å². The van der Waals surface area contributed by atoms with Crippen LogP contribution in [0, 0.1) is 0 Å². The fourth-order valence-corrected chi connectivity index (χ4v) is 1.11. The summed E-state index contributed by atoms with van der Waals surface area (Å²) in [6, 6.07) is 0. The first kappa shape index (κ1) is 14.4. The van der Waals surface area contributed by atoms with Gasteiger partial charge in [0.05, 0.1) is 13.2 Å². The van der Waals surface area contributed by atoms with Gasteiger partial charge in [-0.2, -0.15) is 0 Å². The molecule has 0 saturated heterocycles. The van der Waals surface area contributed by atoms with Crippen molar-refractivity contribution in [1.82, 2.24) is 4.90 Å². The van der Waals surface area contributed by atoms with Crippen molar-refractivity contribution in [1.29, 1.82) is 0 Å². The Morgan fingerprint density at radius 3 is 2.31 bits per heavy atom. The molecule has 2 amide bonds.